The Morgan fingerprint density at radius 1 is 0.733 bits per heavy atom. The van der Waals surface area contributed by atoms with Gasteiger partial charge in [0.1, 0.15) is 0 Å². The van der Waals surface area contributed by atoms with Crippen LogP contribution in [0.3, 0.4) is 0 Å². The monoisotopic (exact) mass is 431 g/mol. The van der Waals surface area contributed by atoms with E-state index in [1.165, 1.54) is 43.8 Å². The molecule has 4 heteroatoms. The van der Waals surface area contributed by atoms with Crippen molar-refractivity contribution in [3.8, 4) is 11.1 Å². The Hall–Kier alpha value is -2.43. The summed E-state index contributed by atoms with van der Waals surface area (Å²) in [6.45, 7) is 4.44. The molecule has 152 valence electrons. The number of fused-ring (bicyclic) bond motifs is 2. The molecule has 0 radical (unpaired) electrons. The van der Waals surface area contributed by atoms with Gasteiger partial charge in [-0.2, -0.15) is 0 Å². The minimum atomic E-state index is 0.0323. The zero-order valence-electron chi connectivity index (χ0n) is 17.7. The quantitative estimate of drug-likeness (QED) is 0.306. The van der Waals surface area contributed by atoms with Crippen LogP contribution in [-0.2, 0) is 0 Å². The molecule has 0 aliphatic rings. The fraction of sp³-hybridized carbons (Fsp3) is 0.192. The van der Waals surface area contributed by atoms with Gasteiger partial charge in [-0.15, -0.1) is 11.8 Å². The number of benzene rings is 4. The van der Waals surface area contributed by atoms with E-state index in [9.17, 15) is 4.79 Å². The van der Waals surface area contributed by atoms with Gasteiger partial charge in [-0.25, -0.2) is 0 Å². The average Bonchev–Trinajstić information content (AvgIpc) is 2.73. The number of nitrogens with zero attached hydrogens (tertiary/aromatic N) is 1. The third-order valence-electron chi connectivity index (χ3n) is 4.96. The first-order valence-electron chi connectivity index (χ1n) is 10.1. The molecule has 0 spiro atoms. The molecule has 2 nitrogen and oxygen atoms in total. The SMILES string of the molecule is CC(C)Sc1ccc2ccccc2c1-c1c(SC(=O)N(C)C)ccc2ccccc12. The summed E-state index contributed by atoms with van der Waals surface area (Å²) >= 11 is 3.17. The number of thioether (sulfide) groups is 2. The van der Waals surface area contributed by atoms with E-state index in [4.69, 9.17) is 0 Å². The molecule has 0 aliphatic heterocycles. The maximum atomic E-state index is 12.6. The Labute approximate surface area is 186 Å². The van der Waals surface area contributed by atoms with Crippen LogP contribution in [0.4, 0.5) is 4.79 Å². The second kappa shape index (κ2) is 8.75. The molecular formula is C26H25NOS2. The molecule has 0 atom stereocenters. The van der Waals surface area contributed by atoms with Crippen molar-refractivity contribution in [3.05, 3.63) is 72.8 Å². The molecule has 0 bridgehead atoms. The highest BCUT2D eigenvalue weighted by Gasteiger charge is 2.20. The van der Waals surface area contributed by atoms with E-state index in [0.29, 0.717) is 5.25 Å². The van der Waals surface area contributed by atoms with Gasteiger partial charge in [-0.05, 0) is 45.4 Å². The Bertz CT molecular complexity index is 1230. The summed E-state index contributed by atoms with van der Waals surface area (Å²) in [5, 5.41) is 5.28. The smallest absolute Gasteiger partial charge is 0.285 e. The van der Waals surface area contributed by atoms with Crippen LogP contribution in [0.2, 0.25) is 0 Å². The molecule has 0 saturated heterocycles. The van der Waals surface area contributed by atoms with E-state index in [1.54, 1.807) is 19.0 Å². The highest BCUT2D eigenvalue weighted by Crippen LogP contribution is 2.46. The van der Waals surface area contributed by atoms with Gasteiger partial charge in [0.15, 0.2) is 0 Å². The molecule has 0 heterocycles. The summed E-state index contributed by atoms with van der Waals surface area (Å²) in [5.41, 5.74) is 2.37. The Morgan fingerprint density at radius 3 is 1.77 bits per heavy atom. The minimum Gasteiger partial charge on any atom is -0.339 e. The predicted molar refractivity (Wildman–Crippen MR) is 133 cm³/mol. The lowest BCUT2D eigenvalue weighted by Gasteiger charge is -2.20. The number of carbonyl (C=O) groups is 1. The summed E-state index contributed by atoms with van der Waals surface area (Å²) < 4.78 is 0. The maximum absolute atomic E-state index is 12.6. The van der Waals surface area contributed by atoms with Gasteiger partial charge in [0.2, 0.25) is 0 Å². The molecule has 0 aromatic heterocycles. The standard InChI is InChI=1S/C26H25NOS2/c1-17(2)29-22-15-13-18-9-5-7-11-20(18)24(22)25-21-12-8-6-10-19(21)14-16-23(25)30-26(28)27(3)4/h5-17H,1-4H3. The van der Waals surface area contributed by atoms with Crippen LogP contribution in [0.5, 0.6) is 0 Å². The molecule has 0 aliphatic carbocycles. The first-order chi connectivity index (χ1) is 14.5. The van der Waals surface area contributed by atoms with Crippen LogP contribution in [0, 0.1) is 0 Å². The normalized spacial score (nSPS) is 11.4. The van der Waals surface area contributed by atoms with Gasteiger partial charge in [0.05, 0.1) is 0 Å². The highest BCUT2D eigenvalue weighted by molar-refractivity contribution is 8.13. The lowest BCUT2D eigenvalue weighted by molar-refractivity contribution is 0.241. The molecule has 4 aromatic carbocycles. The van der Waals surface area contributed by atoms with Crippen LogP contribution in [0.1, 0.15) is 13.8 Å². The fourth-order valence-electron chi connectivity index (χ4n) is 3.64. The van der Waals surface area contributed by atoms with Crippen molar-refractivity contribution in [2.75, 3.05) is 14.1 Å². The molecule has 4 rings (SSSR count). The first kappa shape index (κ1) is 20.8. The molecule has 30 heavy (non-hydrogen) atoms. The van der Waals surface area contributed by atoms with Crippen molar-refractivity contribution in [2.24, 2.45) is 0 Å². The van der Waals surface area contributed by atoms with Gasteiger partial charge in [-0.3, -0.25) is 4.79 Å². The second-order valence-corrected chi connectivity index (χ2v) is 10.4. The number of hydrogen-bond acceptors (Lipinski definition) is 3. The summed E-state index contributed by atoms with van der Waals surface area (Å²) in [5.74, 6) is 0. The maximum Gasteiger partial charge on any atom is 0.285 e. The molecular weight excluding hydrogens is 406 g/mol. The van der Waals surface area contributed by atoms with Crippen molar-refractivity contribution < 1.29 is 4.79 Å². The van der Waals surface area contributed by atoms with Crippen molar-refractivity contribution in [1.29, 1.82) is 0 Å². The Kier molecular flexibility index (Phi) is 6.07. The fourth-order valence-corrected chi connectivity index (χ4v) is 5.45. The van der Waals surface area contributed by atoms with Crippen molar-refractivity contribution in [2.45, 2.75) is 28.9 Å². The lowest BCUT2D eigenvalue weighted by Crippen LogP contribution is -2.16. The van der Waals surface area contributed by atoms with Crippen LogP contribution < -0.4 is 0 Å². The topological polar surface area (TPSA) is 20.3 Å². The highest BCUT2D eigenvalue weighted by atomic mass is 32.2. The number of carbonyl (C=O) groups excluding carboxylic acids is 1. The van der Waals surface area contributed by atoms with Crippen LogP contribution in [0.15, 0.2) is 82.6 Å². The van der Waals surface area contributed by atoms with E-state index in [2.05, 4.69) is 86.6 Å². The third-order valence-corrected chi connectivity index (χ3v) is 7.12. The lowest BCUT2D eigenvalue weighted by atomic mass is 9.94. The van der Waals surface area contributed by atoms with E-state index in [-0.39, 0.29) is 5.24 Å². The average molecular weight is 432 g/mol. The molecule has 0 unspecified atom stereocenters. The summed E-state index contributed by atoms with van der Waals surface area (Å²) in [7, 11) is 3.60. The number of amides is 1. The molecule has 1 amide bonds. The van der Waals surface area contributed by atoms with Gasteiger partial charge in [-0.1, -0.05) is 74.5 Å². The zero-order valence-corrected chi connectivity index (χ0v) is 19.3. The number of hydrogen-bond donors (Lipinski definition) is 0. The van der Waals surface area contributed by atoms with Crippen LogP contribution in [0.25, 0.3) is 32.7 Å². The second-order valence-electron chi connectivity index (χ2n) is 7.75. The molecule has 0 fully saturated rings. The van der Waals surface area contributed by atoms with Gasteiger partial charge in [0.25, 0.3) is 5.24 Å². The number of rotatable bonds is 4. The summed E-state index contributed by atoms with van der Waals surface area (Å²) in [6.07, 6.45) is 0. The van der Waals surface area contributed by atoms with Gasteiger partial charge < -0.3 is 4.90 Å². The largest absolute Gasteiger partial charge is 0.339 e. The Morgan fingerprint density at radius 2 is 1.23 bits per heavy atom. The van der Waals surface area contributed by atoms with Crippen molar-refractivity contribution in [3.63, 3.8) is 0 Å². The van der Waals surface area contributed by atoms with Crippen LogP contribution >= 0.6 is 23.5 Å². The van der Waals surface area contributed by atoms with Gasteiger partial charge in [0, 0.05) is 40.3 Å². The predicted octanol–water partition coefficient (Wildman–Crippen LogP) is 7.93. The molecule has 0 N–H and O–H groups in total. The van der Waals surface area contributed by atoms with Gasteiger partial charge >= 0.3 is 0 Å². The summed E-state index contributed by atoms with van der Waals surface area (Å²) in [4.78, 5) is 16.5. The minimum absolute atomic E-state index is 0.0323. The molecule has 0 saturated carbocycles. The van der Waals surface area contributed by atoms with Crippen molar-refractivity contribution in [1.82, 2.24) is 4.90 Å². The van der Waals surface area contributed by atoms with E-state index in [1.807, 2.05) is 11.8 Å². The van der Waals surface area contributed by atoms with Crippen LogP contribution in [-0.4, -0.2) is 29.5 Å². The van der Waals surface area contributed by atoms with Crippen molar-refractivity contribution >= 4 is 50.3 Å². The third kappa shape index (κ3) is 4.07. The summed E-state index contributed by atoms with van der Waals surface area (Å²) in [6, 6.07) is 25.6. The van der Waals surface area contributed by atoms with E-state index in [0.717, 1.165) is 10.5 Å². The first-order valence-corrected chi connectivity index (χ1v) is 11.7. The Balaban J connectivity index is 2.09. The zero-order chi connectivity index (χ0) is 21.3. The molecule has 4 aromatic rings. The van der Waals surface area contributed by atoms with E-state index >= 15 is 0 Å². The van der Waals surface area contributed by atoms with E-state index < -0.39 is 0 Å².